The summed E-state index contributed by atoms with van der Waals surface area (Å²) in [6, 6.07) is 8.96. The van der Waals surface area contributed by atoms with Gasteiger partial charge in [0.05, 0.1) is 12.5 Å². The number of amides is 1. The Balaban J connectivity index is 1.61. The van der Waals surface area contributed by atoms with Crippen LogP contribution in [0.15, 0.2) is 24.3 Å². The number of carbonyl (C=O) groups excluding carboxylic acids is 1. The van der Waals surface area contributed by atoms with Crippen LogP contribution in [0.1, 0.15) is 70.8 Å². The van der Waals surface area contributed by atoms with Gasteiger partial charge in [-0.25, -0.2) is 0 Å². The molecule has 26 heavy (non-hydrogen) atoms. The van der Waals surface area contributed by atoms with Gasteiger partial charge in [0, 0.05) is 6.04 Å². The quantitative estimate of drug-likeness (QED) is 0.793. The second-order valence-corrected chi connectivity index (χ2v) is 9.41. The van der Waals surface area contributed by atoms with Crippen molar-refractivity contribution in [2.45, 2.75) is 76.7 Å². The van der Waals surface area contributed by atoms with Crippen LogP contribution in [0.3, 0.4) is 0 Å². The molecule has 4 saturated carbocycles. The van der Waals surface area contributed by atoms with E-state index in [4.69, 9.17) is 4.74 Å². The maximum atomic E-state index is 13.3. The Morgan fingerprint density at radius 1 is 1.19 bits per heavy atom. The molecule has 0 heterocycles. The van der Waals surface area contributed by atoms with E-state index in [0.717, 1.165) is 37.9 Å². The van der Waals surface area contributed by atoms with Gasteiger partial charge in [-0.05, 0) is 86.8 Å². The van der Waals surface area contributed by atoms with Gasteiger partial charge in [-0.2, -0.15) is 0 Å². The van der Waals surface area contributed by atoms with Crippen LogP contribution in [0.25, 0.3) is 0 Å². The molecule has 0 spiro atoms. The molecular weight excluding hydrogens is 322 g/mol. The van der Waals surface area contributed by atoms with E-state index in [1.807, 2.05) is 0 Å². The zero-order valence-corrected chi connectivity index (χ0v) is 16.5. The Morgan fingerprint density at radius 3 is 2.42 bits per heavy atom. The number of benzene rings is 1. The van der Waals surface area contributed by atoms with Crippen molar-refractivity contribution < 1.29 is 9.53 Å². The van der Waals surface area contributed by atoms with E-state index < -0.39 is 0 Å². The molecule has 4 aliphatic rings. The molecule has 0 radical (unpaired) electrons. The summed E-state index contributed by atoms with van der Waals surface area (Å²) in [7, 11) is 1.72. The van der Waals surface area contributed by atoms with Gasteiger partial charge in [0.15, 0.2) is 0 Å². The first-order valence-corrected chi connectivity index (χ1v) is 10.4. The minimum atomic E-state index is -0.133. The molecular formula is C23H33NO2. The Morgan fingerprint density at radius 2 is 1.85 bits per heavy atom. The third kappa shape index (κ3) is 2.93. The van der Waals surface area contributed by atoms with E-state index in [2.05, 4.69) is 43.4 Å². The van der Waals surface area contributed by atoms with Crippen molar-refractivity contribution in [1.82, 2.24) is 5.32 Å². The third-order valence-corrected chi connectivity index (χ3v) is 7.34. The number of ether oxygens (including phenoxy) is 1. The van der Waals surface area contributed by atoms with Gasteiger partial charge < -0.3 is 10.1 Å². The SMILES string of the molecule is CCC[C@@H](C)NC(=O)C12C[C@H]3C[C@@H](C1)CC(c1ccc(OC)cc1)(C3)C2. The lowest BCUT2D eigenvalue weighted by molar-refractivity contribution is -0.149. The van der Waals surface area contributed by atoms with Crippen LogP contribution >= 0.6 is 0 Å². The third-order valence-electron chi connectivity index (χ3n) is 7.34. The lowest BCUT2D eigenvalue weighted by Crippen LogP contribution is -2.59. The molecule has 1 amide bonds. The summed E-state index contributed by atoms with van der Waals surface area (Å²) in [6.45, 7) is 4.34. The molecule has 4 aliphatic carbocycles. The van der Waals surface area contributed by atoms with Crippen LogP contribution in [0.2, 0.25) is 0 Å². The fourth-order valence-corrected chi connectivity index (χ4v) is 6.69. The van der Waals surface area contributed by atoms with Crippen molar-refractivity contribution in [1.29, 1.82) is 0 Å². The summed E-state index contributed by atoms with van der Waals surface area (Å²) in [4.78, 5) is 13.3. The molecule has 4 fully saturated rings. The molecule has 4 bridgehead atoms. The maximum Gasteiger partial charge on any atom is 0.226 e. The minimum absolute atomic E-state index is 0.133. The largest absolute Gasteiger partial charge is 0.497 e. The molecule has 142 valence electrons. The van der Waals surface area contributed by atoms with E-state index in [-0.39, 0.29) is 16.9 Å². The fraction of sp³-hybridized carbons (Fsp3) is 0.696. The maximum absolute atomic E-state index is 13.3. The predicted molar refractivity (Wildman–Crippen MR) is 104 cm³/mol. The van der Waals surface area contributed by atoms with Crippen molar-refractivity contribution in [3.8, 4) is 5.75 Å². The topological polar surface area (TPSA) is 38.3 Å². The molecule has 5 rings (SSSR count). The standard InChI is InChI=1S/C23H33NO2/c1-4-5-16(2)24-21(25)23-13-17-10-18(14-23)12-22(11-17,15-23)19-6-8-20(26-3)9-7-19/h6-9,16-18H,4-5,10-15H2,1-3H3,(H,24,25)/t16-,17-,18+,22?,23?/m1/s1. The second-order valence-electron chi connectivity index (χ2n) is 9.41. The first kappa shape index (κ1) is 17.9. The molecule has 3 heteroatoms. The van der Waals surface area contributed by atoms with Crippen LogP contribution in [0.5, 0.6) is 5.75 Å². The number of nitrogens with one attached hydrogen (secondary N) is 1. The summed E-state index contributed by atoms with van der Waals surface area (Å²) in [5, 5.41) is 3.37. The number of rotatable bonds is 6. The van der Waals surface area contributed by atoms with Crippen LogP contribution in [0.4, 0.5) is 0 Å². The number of hydrogen-bond acceptors (Lipinski definition) is 2. The van der Waals surface area contributed by atoms with Crippen molar-refractivity contribution in [3.05, 3.63) is 29.8 Å². The van der Waals surface area contributed by atoms with Crippen LogP contribution < -0.4 is 10.1 Å². The first-order chi connectivity index (χ1) is 12.5. The Bertz CT molecular complexity index is 651. The van der Waals surface area contributed by atoms with E-state index in [0.29, 0.717) is 17.7 Å². The van der Waals surface area contributed by atoms with Gasteiger partial charge in [-0.15, -0.1) is 0 Å². The number of hydrogen-bond donors (Lipinski definition) is 1. The van der Waals surface area contributed by atoms with Crippen molar-refractivity contribution in [2.24, 2.45) is 17.3 Å². The van der Waals surface area contributed by atoms with Crippen molar-refractivity contribution in [2.75, 3.05) is 7.11 Å². The van der Waals surface area contributed by atoms with Gasteiger partial charge in [0.1, 0.15) is 5.75 Å². The van der Waals surface area contributed by atoms with Gasteiger partial charge in [-0.1, -0.05) is 25.5 Å². The Hall–Kier alpha value is -1.51. The molecule has 1 N–H and O–H groups in total. The van der Waals surface area contributed by atoms with E-state index in [9.17, 15) is 4.79 Å². The van der Waals surface area contributed by atoms with Gasteiger partial charge in [0.25, 0.3) is 0 Å². The van der Waals surface area contributed by atoms with Crippen LogP contribution in [0, 0.1) is 17.3 Å². The van der Waals surface area contributed by atoms with Gasteiger partial charge in [0.2, 0.25) is 5.91 Å². The summed E-state index contributed by atoms with van der Waals surface area (Å²) in [6.07, 6.45) is 9.28. The molecule has 3 nitrogen and oxygen atoms in total. The van der Waals surface area contributed by atoms with Crippen LogP contribution in [-0.2, 0) is 10.2 Å². The molecule has 1 aromatic rings. The summed E-state index contributed by atoms with van der Waals surface area (Å²) in [5.74, 6) is 2.68. The van der Waals surface area contributed by atoms with E-state index in [1.54, 1.807) is 7.11 Å². The molecule has 2 unspecified atom stereocenters. The smallest absolute Gasteiger partial charge is 0.226 e. The monoisotopic (exact) mass is 355 g/mol. The van der Waals surface area contributed by atoms with Crippen molar-refractivity contribution >= 4 is 5.91 Å². The molecule has 0 aromatic heterocycles. The lowest BCUT2D eigenvalue weighted by atomic mass is 9.42. The number of methoxy groups -OCH3 is 1. The highest BCUT2D eigenvalue weighted by molar-refractivity contribution is 5.83. The molecule has 5 atom stereocenters. The number of carbonyl (C=O) groups is 1. The average Bonchev–Trinajstić information content (AvgIpc) is 2.61. The highest BCUT2D eigenvalue weighted by Crippen LogP contribution is 2.65. The normalized spacial score (nSPS) is 36.0. The van der Waals surface area contributed by atoms with Gasteiger partial charge >= 0.3 is 0 Å². The van der Waals surface area contributed by atoms with Gasteiger partial charge in [-0.3, -0.25) is 4.79 Å². The first-order valence-electron chi connectivity index (χ1n) is 10.4. The highest BCUT2D eigenvalue weighted by atomic mass is 16.5. The molecule has 0 saturated heterocycles. The second kappa shape index (κ2) is 6.58. The highest BCUT2D eigenvalue weighted by Gasteiger charge is 2.60. The fourth-order valence-electron chi connectivity index (χ4n) is 6.69. The predicted octanol–water partition coefficient (Wildman–Crippen LogP) is 4.84. The summed E-state index contributed by atoms with van der Waals surface area (Å²) in [5.41, 5.74) is 1.49. The molecule has 1 aromatic carbocycles. The van der Waals surface area contributed by atoms with Crippen molar-refractivity contribution in [3.63, 3.8) is 0 Å². The minimum Gasteiger partial charge on any atom is -0.497 e. The lowest BCUT2D eigenvalue weighted by Gasteiger charge is -2.61. The zero-order valence-electron chi connectivity index (χ0n) is 16.5. The summed E-state index contributed by atoms with van der Waals surface area (Å²) >= 11 is 0. The van der Waals surface area contributed by atoms with Crippen LogP contribution in [-0.4, -0.2) is 19.1 Å². The Kier molecular flexibility index (Phi) is 4.53. The summed E-state index contributed by atoms with van der Waals surface area (Å²) < 4.78 is 5.35. The Labute approximate surface area is 157 Å². The molecule has 0 aliphatic heterocycles. The average molecular weight is 356 g/mol. The zero-order chi connectivity index (χ0) is 18.4. The van der Waals surface area contributed by atoms with E-state index >= 15 is 0 Å². The van der Waals surface area contributed by atoms with E-state index in [1.165, 1.54) is 24.8 Å².